The van der Waals surface area contributed by atoms with Gasteiger partial charge in [-0.1, -0.05) is 23.2 Å². The summed E-state index contributed by atoms with van der Waals surface area (Å²) in [4.78, 5) is 12.6. The van der Waals surface area contributed by atoms with Crippen LogP contribution in [0, 0.1) is 5.41 Å². The number of nitrogens with two attached hydrogens (primary N) is 1. The Hall–Kier alpha value is -1.60. The van der Waals surface area contributed by atoms with Gasteiger partial charge >= 0.3 is 0 Å². The summed E-state index contributed by atoms with van der Waals surface area (Å²) in [6, 6.07) is 6.93. The molecular formula is C16H18Cl2N4O2. The number of hydrogen-bond acceptors (Lipinski definition) is 4. The van der Waals surface area contributed by atoms with E-state index in [1.54, 1.807) is 24.3 Å². The quantitative estimate of drug-likeness (QED) is 0.772. The predicted octanol–water partition coefficient (Wildman–Crippen LogP) is 3.08. The van der Waals surface area contributed by atoms with E-state index in [4.69, 9.17) is 33.7 Å². The second-order valence-electron chi connectivity index (χ2n) is 5.88. The average Bonchev–Trinajstić information content (AvgIpc) is 3.03. The van der Waals surface area contributed by atoms with Crippen LogP contribution < -0.4 is 11.1 Å². The number of anilines is 1. The zero-order valence-electron chi connectivity index (χ0n) is 12.9. The molecule has 8 heteroatoms. The molecule has 0 bridgehead atoms. The molecule has 1 aromatic carbocycles. The molecule has 1 amide bonds. The molecule has 0 aliphatic carbocycles. The van der Waals surface area contributed by atoms with E-state index < -0.39 is 5.41 Å². The molecule has 1 aromatic heterocycles. The van der Waals surface area contributed by atoms with Gasteiger partial charge in [0.05, 0.1) is 11.1 Å². The Kier molecular flexibility index (Phi) is 5.10. The number of hydrogen-bond donors (Lipinski definition) is 3. The number of carbonyl (C=O) groups excluding carboxylic acids is 1. The molecule has 0 radical (unpaired) electrons. The number of nitrogens with zero attached hydrogens (tertiary/aromatic N) is 1. The third-order valence-corrected chi connectivity index (χ3v) is 4.75. The van der Waals surface area contributed by atoms with Gasteiger partial charge in [-0.15, -0.1) is 0 Å². The van der Waals surface area contributed by atoms with Gasteiger partial charge in [-0.3, -0.25) is 9.89 Å². The number of H-pyrrole nitrogens is 1. The van der Waals surface area contributed by atoms with E-state index in [0.717, 1.165) is 5.56 Å². The maximum absolute atomic E-state index is 12.6. The Morgan fingerprint density at radius 3 is 2.54 bits per heavy atom. The molecule has 1 fully saturated rings. The van der Waals surface area contributed by atoms with Crippen LogP contribution in [0.15, 0.2) is 24.3 Å². The van der Waals surface area contributed by atoms with Crippen LogP contribution >= 0.6 is 23.2 Å². The molecule has 2 aromatic rings. The number of carbonyl (C=O) groups is 1. The summed E-state index contributed by atoms with van der Waals surface area (Å²) < 4.78 is 5.33. The first kappa shape index (κ1) is 17.2. The van der Waals surface area contributed by atoms with Crippen LogP contribution in [0.5, 0.6) is 0 Å². The first-order valence-electron chi connectivity index (χ1n) is 7.63. The van der Waals surface area contributed by atoms with E-state index in [-0.39, 0.29) is 12.5 Å². The second kappa shape index (κ2) is 7.11. The summed E-state index contributed by atoms with van der Waals surface area (Å²) in [6.45, 7) is 1.36. The number of benzene rings is 1. The van der Waals surface area contributed by atoms with Gasteiger partial charge in [0.15, 0.2) is 5.82 Å². The molecule has 3 rings (SSSR count). The first-order chi connectivity index (χ1) is 11.5. The summed E-state index contributed by atoms with van der Waals surface area (Å²) in [6.07, 6.45) is 1.22. The predicted molar refractivity (Wildman–Crippen MR) is 94.2 cm³/mol. The summed E-state index contributed by atoms with van der Waals surface area (Å²) in [5.41, 5.74) is 6.75. The van der Waals surface area contributed by atoms with Crippen molar-refractivity contribution in [1.82, 2.24) is 10.2 Å². The monoisotopic (exact) mass is 368 g/mol. The van der Waals surface area contributed by atoms with E-state index in [1.807, 2.05) is 0 Å². The van der Waals surface area contributed by atoms with Gasteiger partial charge in [0.25, 0.3) is 0 Å². The van der Waals surface area contributed by atoms with E-state index in [0.29, 0.717) is 47.6 Å². The van der Waals surface area contributed by atoms with Gasteiger partial charge in [0.1, 0.15) is 0 Å². The van der Waals surface area contributed by atoms with E-state index in [2.05, 4.69) is 15.5 Å². The van der Waals surface area contributed by atoms with E-state index in [9.17, 15) is 4.79 Å². The normalized spacial score (nSPS) is 16.8. The number of rotatable bonds is 4. The van der Waals surface area contributed by atoms with Gasteiger partial charge < -0.3 is 15.8 Å². The molecule has 1 aliphatic heterocycles. The van der Waals surface area contributed by atoms with Gasteiger partial charge in [0.2, 0.25) is 5.91 Å². The molecule has 24 heavy (non-hydrogen) atoms. The number of halogens is 2. The Balaban J connectivity index is 1.77. The molecule has 6 nitrogen and oxygen atoms in total. The lowest BCUT2D eigenvalue weighted by molar-refractivity contribution is -0.130. The minimum absolute atomic E-state index is 0.129. The van der Waals surface area contributed by atoms with Crippen molar-refractivity contribution in [2.75, 3.05) is 25.1 Å². The summed E-state index contributed by atoms with van der Waals surface area (Å²) >= 11 is 12.0. The Morgan fingerprint density at radius 2 is 1.92 bits per heavy atom. The van der Waals surface area contributed by atoms with Crippen molar-refractivity contribution in [1.29, 1.82) is 0 Å². The third-order valence-electron chi connectivity index (χ3n) is 4.32. The topological polar surface area (TPSA) is 93.0 Å². The van der Waals surface area contributed by atoms with Gasteiger partial charge in [-0.05, 0) is 31.0 Å². The van der Waals surface area contributed by atoms with Crippen molar-refractivity contribution in [2.45, 2.75) is 12.8 Å². The minimum atomic E-state index is -0.600. The largest absolute Gasteiger partial charge is 0.381 e. The molecule has 0 saturated carbocycles. The molecule has 2 heterocycles. The smallest absolute Gasteiger partial charge is 0.233 e. The van der Waals surface area contributed by atoms with Crippen LogP contribution in [0.4, 0.5) is 5.82 Å². The summed E-state index contributed by atoms with van der Waals surface area (Å²) in [7, 11) is 0. The average molecular weight is 369 g/mol. The Labute approximate surface area is 149 Å². The van der Waals surface area contributed by atoms with Crippen molar-refractivity contribution in [2.24, 2.45) is 11.1 Å². The lowest BCUT2D eigenvalue weighted by atomic mass is 9.79. The fourth-order valence-corrected chi connectivity index (χ4v) is 3.30. The number of aromatic amines is 1. The number of amides is 1. The van der Waals surface area contributed by atoms with Crippen LogP contribution in [0.3, 0.4) is 0 Å². The standard InChI is InChI=1S/C16H18Cl2N4O2/c17-11-5-10(6-12(18)7-11)13-8-14(22-21-13)20-15(23)16(9-19)1-3-24-4-2-16/h5-8H,1-4,9,19H2,(H2,20,21,22,23). The number of aromatic nitrogens is 2. The minimum Gasteiger partial charge on any atom is -0.381 e. The second-order valence-corrected chi connectivity index (χ2v) is 6.75. The van der Waals surface area contributed by atoms with Crippen molar-refractivity contribution in [3.8, 4) is 11.3 Å². The van der Waals surface area contributed by atoms with Crippen molar-refractivity contribution in [3.05, 3.63) is 34.3 Å². The van der Waals surface area contributed by atoms with Gasteiger partial charge in [0, 0.05) is 41.4 Å². The van der Waals surface area contributed by atoms with Crippen molar-refractivity contribution < 1.29 is 9.53 Å². The highest BCUT2D eigenvalue weighted by atomic mass is 35.5. The maximum Gasteiger partial charge on any atom is 0.233 e. The fraction of sp³-hybridized carbons (Fsp3) is 0.375. The summed E-state index contributed by atoms with van der Waals surface area (Å²) in [5, 5.41) is 10.9. The van der Waals surface area contributed by atoms with Gasteiger partial charge in [-0.25, -0.2) is 0 Å². The van der Waals surface area contributed by atoms with Crippen LogP contribution in [0.25, 0.3) is 11.3 Å². The first-order valence-corrected chi connectivity index (χ1v) is 8.39. The lowest BCUT2D eigenvalue weighted by Crippen LogP contribution is -2.46. The molecule has 0 atom stereocenters. The third kappa shape index (κ3) is 3.57. The van der Waals surface area contributed by atoms with Crippen molar-refractivity contribution >= 4 is 34.9 Å². The molecule has 4 N–H and O–H groups in total. The zero-order chi connectivity index (χ0) is 17.2. The highest BCUT2D eigenvalue weighted by Gasteiger charge is 2.39. The van der Waals surface area contributed by atoms with Crippen LogP contribution in [-0.4, -0.2) is 35.9 Å². The molecule has 128 valence electrons. The Morgan fingerprint density at radius 1 is 1.25 bits per heavy atom. The molecule has 1 saturated heterocycles. The van der Waals surface area contributed by atoms with Crippen molar-refractivity contribution in [3.63, 3.8) is 0 Å². The summed E-state index contributed by atoms with van der Waals surface area (Å²) in [5.74, 6) is 0.306. The molecule has 0 unspecified atom stereocenters. The highest BCUT2D eigenvalue weighted by molar-refractivity contribution is 6.35. The SMILES string of the molecule is NCC1(C(=O)Nc2cc(-c3cc(Cl)cc(Cl)c3)[nH]n2)CCOCC1. The molecule has 0 spiro atoms. The van der Waals surface area contributed by atoms with Crippen LogP contribution in [0.2, 0.25) is 10.0 Å². The molecular weight excluding hydrogens is 351 g/mol. The lowest BCUT2D eigenvalue weighted by Gasteiger charge is -2.34. The Bertz CT molecular complexity index is 721. The fourth-order valence-electron chi connectivity index (χ4n) is 2.78. The zero-order valence-corrected chi connectivity index (χ0v) is 14.5. The van der Waals surface area contributed by atoms with Crippen LogP contribution in [-0.2, 0) is 9.53 Å². The highest BCUT2D eigenvalue weighted by Crippen LogP contribution is 2.31. The van der Waals surface area contributed by atoms with E-state index >= 15 is 0 Å². The molecule has 1 aliphatic rings. The van der Waals surface area contributed by atoms with E-state index in [1.165, 1.54) is 0 Å². The number of nitrogens with one attached hydrogen (secondary N) is 2. The number of ether oxygens (including phenoxy) is 1. The van der Waals surface area contributed by atoms with Crippen LogP contribution in [0.1, 0.15) is 12.8 Å². The maximum atomic E-state index is 12.6. The van der Waals surface area contributed by atoms with Gasteiger partial charge in [-0.2, -0.15) is 5.10 Å².